The van der Waals surface area contributed by atoms with Crippen LogP contribution in [0.4, 0.5) is 0 Å². The minimum atomic E-state index is -3.67. The van der Waals surface area contributed by atoms with Crippen molar-refractivity contribution in [1.29, 1.82) is 0 Å². The van der Waals surface area contributed by atoms with E-state index in [1.807, 2.05) is 30.3 Å². The van der Waals surface area contributed by atoms with E-state index < -0.39 is 10.0 Å². The Bertz CT molecular complexity index is 1020. The Kier molecular flexibility index (Phi) is 6.48. The van der Waals surface area contributed by atoms with Gasteiger partial charge < -0.3 is 5.32 Å². The van der Waals surface area contributed by atoms with Crippen LogP contribution in [0.2, 0.25) is 0 Å². The Balaban J connectivity index is 1.45. The molecule has 31 heavy (non-hydrogen) atoms. The maximum Gasteiger partial charge on any atom is 0.246 e. The second-order valence-electron chi connectivity index (χ2n) is 8.77. The van der Waals surface area contributed by atoms with Crippen LogP contribution < -0.4 is 5.32 Å². The fourth-order valence-electron chi connectivity index (χ4n) is 4.88. The molecule has 1 N–H and O–H groups in total. The summed E-state index contributed by atoms with van der Waals surface area (Å²) in [4.78, 5) is 12.9. The fourth-order valence-corrected chi connectivity index (χ4v) is 6.70. The molecule has 1 aromatic carbocycles. The lowest BCUT2D eigenvalue weighted by Crippen LogP contribution is -2.45. The number of benzene rings is 1. The number of para-hydroxylation sites is 1. The smallest absolute Gasteiger partial charge is 0.246 e. The van der Waals surface area contributed by atoms with E-state index >= 15 is 0 Å². The van der Waals surface area contributed by atoms with Crippen molar-refractivity contribution in [2.24, 2.45) is 5.92 Å². The van der Waals surface area contributed by atoms with Crippen molar-refractivity contribution in [3.8, 4) is 5.69 Å². The Labute approximate surface area is 184 Å². The van der Waals surface area contributed by atoms with Crippen molar-refractivity contribution >= 4 is 15.9 Å². The summed E-state index contributed by atoms with van der Waals surface area (Å²) < 4.78 is 30.1. The Hall–Kier alpha value is -2.19. The number of rotatable bonds is 5. The highest BCUT2D eigenvalue weighted by atomic mass is 32.2. The van der Waals surface area contributed by atoms with Gasteiger partial charge in [0.1, 0.15) is 4.90 Å². The lowest BCUT2D eigenvalue weighted by atomic mass is 9.93. The zero-order valence-electron chi connectivity index (χ0n) is 18.4. The number of piperidine rings is 1. The predicted molar refractivity (Wildman–Crippen MR) is 120 cm³/mol. The number of amides is 1. The molecule has 7 nitrogen and oxygen atoms in total. The predicted octanol–water partition coefficient (Wildman–Crippen LogP) is 3.34. The van der Waals surface area contributed by atoms with Crippen LogP contribution >= 0.6 is 0 Å². The summed E-state index contributed by atoms with van der Waals surface area (Å²) in [6.07, 6.45) is 6.84. The monoisotopic (exact) mass is 444 g/mol. The van der Waals surface area contributed by atoms with Crippen LogP contribution in [-0.2, 0) is 14.8 Å². The van der Waals surface area contributed by atoms with Gasteiger partial charge in [-0.1, -0.05) is 37.5 Å². The second-order valence-corrected chi connectivity index (χ2v) is 10.6. The van der Waals surface area contributed by atoms with Gasteiger partial charge in [0.15, 0.2) is 0 Å². The highest BCUT2D eigenvalue weighted by Crippen LogP contribution is 2.29. The molecule has 1 amide bonds. The third-order valence-electron chi connectivity index (χ3n) is 6.60. The molecule has 168 valence electrons. The molecule has 0 radical (unpaired) electrons. The van der Waals surface area contributed by atoms with Crippen LogP contribution in [0, 0.1) is 19.8 Å². The molecular weight excluding hydrogens is 412 g/mol. The lowest BCUT2D eigenvalue weighted by molar-refractivity contribution is -0.127. The van der Waals surface area contributed by atoms with E-state index in [4.69, 9.17) is 0 Å². The third-order valence-corrected chi connectivity index (χ3v) is 8.75. The topological polar surface area (TPSA) is 84.3 Å². The van der Waals surface area contributed by atoms with Crippen LogP contribution in [0.3, 0.4) is 0 Å². The van der Waals surface area contributed by atoms with Gasteiger partial charge in [0.2, 0.25) is 15.9 Å². The lowest BCUT2D eigenvalue weighted by Gasteiger charge is -2.32. The van der Waals surface area contributed by atoms with Crippen molar-refractivity contribution in [1.82, 2.24) is 19.4 Å². The third kappa shape index (κ3) is 4.55. The van der Waals surface area contributed by atoms with Crippen molar-refractivity contribution in [2.45, 2.75) is 69.7 Å². The summed E-state index contributed by atoms with van der Waals surface area (Å²) in [5.74, 6) is -0.0178. The van der Waals surface area contributed by atoms with Gasteiger partial charge >= 0.3 is 0 Å². The number of hydrogen-bond donors (Lipinski definition) is 1. The van der Waals surface area contributed by atoms with Gasteiger partial charge in [0.05, 0.1) is 17.1 Å². The van der Waals surface area contributed by atoms with Crippen molar-refractivity contribution in [3.05, 3.63) is 41.7 Å². The molecule has 1 saturated carbocycles. The second kappa shape index (κ2) is 9.12. The molecule has 2 fully saturated rings. The number of carbonyl (C=O) groups is 1. The molecule has 0 unspecified atom stereocenters. The number of nitrogens with zero attached hydrogens (tertiary/aromatic N) is 3. The van der Waals surface area contributed by atoms with Crippen LogP contribution in [0.15, 0.2) is 35.2 Å². The average Bonchev–Trinajstić information content (AvgIpc) is 3.09. The molecule has 2 heterocycles. The van der Waals surface area contributed by atoms with E-state index in [2.05, 4.69) is 10.4 Å². The van der Waals surface area contributed by atoms with E-state index in [1.165, 1.54) is 23.6 Å². The minimum Gasteiger partial charge on any atom is -0.353 e. The zero-order chi connectivity index (χ0) is 22.0. The molecule has 4 rings (SSSR count). The molecule has 8 heteroatoms. The molecule has 1 aliphatic heterocycles. The molecule has 0 atom stereocenters. The molecule has 0 spiro atoms. The summed E-state index contributed by atoms with van der Waals surface area (Å²) in [6.45, 7) is 4.26. The van der Waals surface area contributed by atoms with Crippen molar-refractivity contribution < 1.29 is 13.2 Å². The first kappa shape index (κ1) is 22.0. The average molecular weight is 445 g/mol. The van der Waals surface area contributed by atoms with E-state index in [1.54, 1.807) is 18.5 Å². The van der Waals surface area contributed by atoms with Crippen molar-refractivity contribution in [3.63, 3.8) is 0 Å². The molecule has 2 aromatic rings. The normalized spacial score (nSPS) is 19.4. The Morgan fingerprint density at radius 3 is 2.29 bits per heavy atom. The van der Waals surface area contributed by atoms with Gasteiger partial charge in [-0.25, -0.2) is 13.1 Å². The Morgan fingerprint density at radius 2 is 1.65 bits per heavy atom. The molecule has 2 aliphatic rings. The van der Waals surface area contributed by atoms with E-state index in [0.717, 1.165) is 18.5 Å². The summed E-state index contributed by atoms with van der Waals surface area (Å²) in [7, 11) is -3.67. The maximum atomic E-state index is 13.4. The zero-order valence-corrected chi connectivity index (χ0v) is 19.2. The van der Waals surface area contributed by atoms with Crippen LogP contribution in [0.25, 0.3) is 5.69 Å². The number of aromatic nitrogens is 2. The SMILES string of the molecule is Cc1nn(-c2ccccc2)c(C)c1S(=O)(=O)N1CCC(C(=O)NC2CCCCC2)CC1. The first-order valence-corrected chi connectivity index (χ1v) is 12.7. The number of hydrogen-bond acceptors (Lipinski definition) is 4. The number of carbonyl (C=O) groups excluding carboxylic acids is 1. The first-order chi connectivity index (χ1) is 14.9. The standard InChI is InChI=1S/C23H32N4O3S/c1-17-22(18(2)27(25-17)21-11-7-4-8-12-21)31(29,30)26-15-13-19(14-16-26)23(28)24-20-9-5-3-6-10-20/h4,7-8,11-12,19-20H,3,5-6,9-10,13-16H2,1-2H3,(H,24,28). The molecule has 1 aromatic heterocycles. The van der Waals surface area contributed by atoms with Crippen molar-refractivity contribution in [2.75, 3.05) is 13.1 Å². The maximum absolute atomic E-state index is 13.4. The van der Waals surface area contributed by atoms with Gasteiger partial charge in [0.25, 0.3) is 0 Å². The van der Waals surface area contributed by atoms with Gasteiger partial charge in [-0.15, -0.1) is 0 Å². The van der Waals surface area contributed by atoms with Crippen LogP contribution in [0.1, 0.15) is 56.3 Å². The Morgan fingerprint density at radius 1 is 1.00 bits per heavy atom. The quantitative estimate of drug-likeness (QED) is 0.767. The first-order valence-electron chi connectivity index (χ1n) is 11.3. The minimum absolute atomic E-state index is 0.0909. The summed E-state index contributed by atoms with van der Waals surface area (Å²) in [5.41, 5.74) is 1.95. The van der Waals surface area contributed by atoms with Gasteiger partial charge in [-0.3, -0.25) is 4.79 Å². The van der Waals surface area contributed by atoms with Gasteiger partial charge in [-0.05, 0) is 51.7 Å². The van der Waals surface area contributed by atoms with Crippen LogP contribution in [0.5, 0.6) is 0 Å². The van der Waals surface area contributed by atoms with E-state index in [-0.39, 0.29) is 22.8 Å². The van der Waals surface area contributed by atoms with Gasteiger partial charge in [0, 0.05) is 25.0 Å². The number of aryl methyl sites for hydroxylation is 1. The highest BCUT2D eigenvalue weighted by Gasteiger charge is 2.36. The number of sulfonamides is 1. The highest BCUT2D eigenvalue weighted by molar-refractivity contribution is 7.89. The molecule has 1 saturated heterocycles. The van der Waals surface area contributed by atoms with E-state index in [0.29, 0.717) is 37.3 Å². The summed E-state index contributed by atoms with van der Waals surface area (Å²) >= 11 is 0. The molecular formula is C23H32N4O3S. The molecule has 0 bridgehead atoms. The summed E-state index contributed by atoms with van der Waals surface area (Å²) in [6, 6.07) is 9.84. The molecule has 1 aliphatic carbocycles. The van der Waals surface area contributed by atoms with Gasteiger partial charge in [-0.2, -0.15) is 9.40 Å². The number of nitrogens with one attached hydrogen (secondary N) is 1. The fraction of sp³-hybridized carbons (Fsp3) is 0.565. The summed E-state index contributed by atoms with van der Waals surface area (Å²) in [5, 5.41) is 7.69. The van der Waals surface area contributed by atoms with Crippen LogP contribution in [-0.4, -0.2) is 47.5 Å². The van der Waals surface area contributed by atoms with E-state index in [9.17, 15) is 13.2 Å². The largest absolute Gasteiger partial charge is 0.353 e.